The quantitative estimate of drug-likeness (QED) is 0.786. The summed E-state index contributed by atoms with van der Waals surface area (Å²) in [7, 11) is -3.17. The van der Waals surface area contributed by atoms with E-state index in [2.05, 4.69) is 0 Å². The molecule has 100 valence electrons. The summed E-state index contributed by atoms with van der Waals surface area (Å²) in [6, 6.07) is 0.129. The Balaban J connectivity index is 1.95. The average molecular weight is 262 g/mol. The van der Waals surface area contributed by atoms with Gasteiger partial charge in [0.2, 0.25) is 10.0 Å². The van der Waals surface area contributed by atoms with Crippen LogP contribution >= 0.6 is 0 Å². The molecule has 0 amide bonds. The molecule has 0 bridgehead atoms. The van der Waals surface area contributed by atoms with Gasteiger partial charge in [-0.3, -0.25) is 0 Å². The highest BCUT2D eigenvalue weighted by molar-refractivity contribution is 7.89. The second-order valence-corrected chi connectivity index (χ2v) is 7.21. The van der Waals surface area contributed by atoms with Crippen molar-refractivity contribution in [1.29, 1.82) is 0 Å². The Hall–Kier alpha value is -0.170. The first kappa shape index (κ1) is 13.3. The van der Waals surface area contributed by atoms with Gasteiger partial charge in [0.1, 0.15) is 0 Å². The average Bonchev–Trinajstić information content (AvgIpc) is 2.73. The van der Waals surface area contributed by atoms with E-state index in [1.807, 2.05) is 6.92 Å². The van der Waals surface area contributed by atoms with Gasteiger partial charge in [-0.25, -0.2) is 12.7 Å². The molecule has 0 saturated carbocycles. The van der Waals surface area contributed by atoms with Crippen LogP contribution in [0.2, 0.25) is 0 Å². The zero-order chi connectivity index (χ0) is 12.5. The van der Waals surface area contributed by atoms with Crippen molar-refractivity contribution >= 4 is 10.0 Å². The number of piperidine rings is 1. The molecule has 2 heterocycles. The van der Waals surface area contributed by atoms with Crippen LogP contribution in [0, 0.1) is 5.92 Å². The third kappa shape index (κ3) is 3.19. The van der Waals surface area contributed by atoms with Crippen LogP contribution in [0.5, 0.6) is 0 Å². The molecule has 3 unspecified atom stereocenters. The first-order chi connectivity index (χ1) is 7.99. The molecule has 3 atom stereocenters. The zero-order valence-electron chi connectivity index (χ0n) is 10.3. The van der Waals surface area contributed by atoms with E-state index >= 15 is 0 Å². The maximum Gasteiger partial charge on any atom is 0.216 e. The number of hydrogen-bond acceptors (Lipinski definition) is 4. The van der Waals surface area contributed by atoms with Gasteiger partial charge in [-0.1, -0.05) is 6.92 Å². The van der Waals surface area contributed by atoms with Crippen LogP contribution in [0.15, 0.2) is 0 Å². The van der Waals surface area contributed by atoms with E-state index in [0.717, 1.165) is 19.3 Å². The van der Waals surface area contributed by atoms with Crippen LogP contribution in [-0.2, 0) is 14.8 Å². The topological polar surface area (TPSA) is 72.6 Å². The number of rotatable bonds is 3. The molecule has 2 saturated heterocycles. The molecular formula is C11H22N2O3S. The summed E-state index contributed by atoms with van der Waals surface area (Å²) in [5, 5.41) is 0. The molecule has 0 aromatic rings. The van der Waals surface area contributed by atoms with Gasteiger partial charge in [0.15, 0.2) is 0 Å². The molecule has 17 heavy (non-hydrogen) atoms. The molecule has 0 radical (unpaired) electrons. The summed E-state index contributed by atoms with van der Waals surface area (Å²) < 4.78 is 31.4. The van der Waals surface area contributed by atoms with Gasteiger partial charge < -0.3 is 10.5 Å². The van der Waals surface area contributed by atoms with Crippen molar-refractivity contribution in [1.82, 2.24) is 4.31 Å². The molecule has 2 rings (SSSR count). The molecule has 0 aromatic carbocycles. The maximum absolute atomic E-state index is 12.2. The Bertz CT molecular complexity index is 352. The smallest absolute Gasteiger partial charge is 0.216 e. The normalized spacial score (nSPS) is 36.2. The summed E-state index contributed by atoms with van der Waals surface area (Å²) in [5.41, 5.74) is 5.90. The number of sulfonamides is 1. The van der Waals surface area contributed by atoms with Crippen molar-refractivity contribution in [3.63, 3.8) is 0 Å². The lowest BCUT2D eigenvalue weighted by molar-refractivity contribution is 0.125. The van der Waals surface area contributed by atoms with Crippen molar-refractivity contribution in [2.75, 3.05) is 25.4 Å². The van der Waals surface area contributed by atoms with Gasteiger partial charge in [-0.2, -0.15) is 0 Å². The van der Waals surface area contributed by atoms with Gasteiger partial charge in [0.25, 0.3) is 0 Å². The lowest BCUT2D eigenvalue weighted by Crippen LogP contribution is -2.49. The summed E-state index contributed by atoms with van der Waals surface area (Å²) >= 11 is 0. The minimum absolute atomic E-state index is 0.106. The largest absolute Gasteiger partial charge is 0.377 e. The van der Waals surface area contributed by atoms with Crippen LogP contribution in [-0.4, -0.2) is 50.3 Å². The second kappa shape index (κ2) is 5.22. The summed E-state index contributed by atoms with van der Waals surface area (Å²) in [5.74, 6) is 0.373. The van der Waals surface area contributed by atoms with Crippen LogP contribution in [0.1, 0.15) is 26.2 Å². The second-order valence-electron chi connectivity index (χ2n) is 5.20. The lowest BCUT2D eigenvalue weighted by atomic mass is 9.96. The molecule has 0 spiro atoms. The van der Waals surface area contributed by atoms with Crippen LogP contribution in [0.25, 0.3) is 0 Å². The van der Waals surface area contributed by atoms with Crippen molar-refractivity contribution in [2.24, 2.45) is 11.7 Å². The zero-order valence-corrected chi connectivity index (χ0v) is 11.2. The lowest BCUT2D eigenvalue weighted by Gasteiger charge is -2.34. The van der Waals surface area contributed by atoms with Crippen molar-refractivity contribution < 1.29 is 13.2 Å². The Morgan fingerprint density at radius 2 is 2.18 bits per heavy atom. The standard InChI is InChI=1S/C11H22N2O3S/c1-9-7-13(5-4-11(9)12)17(14,15)8-10-3-2-6-16-10/h9-11H,2-8,12H2,1H3. The first-order valence-corrected chi connectivity index (χ1v) is 7.95. The Kier molecular flexibility index (Phi) is 4.07. The van der Waals surface area contributed by atoms with Gasteiger partial charge in [0.05, 0.1) is 11.9 Å². The SMILES string of the molecule is CC1CN(S(=O)(=O)CC2CCCO2)CCC1N. The first-order valence-electron chi connectivity index (χ1n) is 6.34. The third-order valence-electron chi connectivity index (χ3n) is 3.75. The molecule has 5 nitrogen and oxygen atoms in total. The van der Waals surface area contributed by atoms with E-state index in [4.69, 9.17) is 10.5 Å². The number of nitrogens with zero attached hydrogens (tertiary/aromatic N) is 1. The molecule has 0 aromatic heterocycles. The minimum atomic E-state index is -3.17. The molecular weight excluding hydrogens is 240 g/mol. The fraction of sp³-hybridized carbons (Fsp3) is 1.00. The van der Waals surface area contributed by atoms with Crippen LogP contribution < -0.4 is 5.73 Å². The Morgan fingerprint density at radius 3 is 2.76 bits per heavy atom. The van der Waals surface area contributed by atoms with Crippen LogP contribution in [0.4, 0.5) is 0 Å². The maximum atomic E-state index is 12.2. The van der Waals surface area contributed by atoms with E-state index in [1.54, 1.807) is 4.31 Å². The Labute approximate surface area is 103 Å². The molecule has 0 aliphatic carbocycles. The van der Waals surface area contributed by atoms with E-state index in [0.29, 0.717) is 19.7 Å². The fourth-order valence-electron chi connectivity index (χ4n) is 2.49. The van der Waals surface area contributed by atoms with Gasteiger partial charge >= 0.3 is 0 Å². The van der Waals surface area contributed by atoms with E-state index in [9.17, 15) is 8.42 Å². The molecule has 2 aliphatic rings. The summed E-state index contributed by atoms with van der Waals surface area (Å²) in [6.45, 7) is 3.82. The highest BCUT2D eigenvalue weighted by Crippen LogP contribution is 2.21. The minimum Gasteiger partial charge on any atom is -0.377 e. The highest BCUT2D eigenvalue weighted by atomic mass is 32.2. The monoisotopic (exact) mass is 262 g/mol. The molecule has 2 aliphatic heterocycles. The van der Waals surface area contributed by atoms with E-state index in [1.165, 1.54) is 0 Å². The Morgan fingerprint density at radius 1 is 1.41 bits per heavy atom. The predicted molar refractivity (Wildman–Crippen MR) is 66.1 cm³/mol. The molecule has 2 fully saturated rings. The molecule has 2 N–H and O–H groups in total. The van der Waals surface area contributed by atoms with Crippen molar-refractivity contribution in [3.8, 4) is 0 Å². The van der Waals surface area contributed by atoms with Crippen LogP contribution in [0.3, 0.4) is 0 Å². The van der Waals surface area contributed by atoms with Crippen molar-refractivity contribution in [2.45, 2.75) is 38.3 Å². The van der Waals surface area contributed by atoms with Gasteiger partial charge in [-0.05, 0) is 25.2 Å². The summed E-state index contributed by atoms with van der Waals surface area (Å²) in [4.78, 5) is 0. The van der Waals surface area contributed by atoms with Crippen molar-refractivity contribution in [3.05, 3.63) is 0 Å². The number of nitrogens with two attached hydrogens (primary N) is 1. The van der Waals surface area contributed by atoms with E-state index < -0.39 is 10.0 Å². The predicted octanol–water partition coefficient (Wildman–Crippen LogP) is 0.164. The third-order valence-corrected chi connectivity index (χ3v) is 5.66. The van der Waals surface area contributed by atoms with E-state index in [-0.39, 0.29) is 23.8 Å². The highest BCUT2D eigenvalue weighted by Gasteiger charge is 2.33. The summed E-state index contributed by atoms with van der Waals surface area (Å²) in [6.07, 6.45) is 2.49. The number of ether oxygens (including phenoxy) is 1. The fourth-order valence-corrected chi connectivity index (χ4v) is 4.28. The van der Waals surface area contributed by atoms with Gasteiger partial charge in [0, 0.05) is 25.7 Å². The number of hydrogen-bond donors (Lipinski definition) is 1. The van der Waals surface area contributed by atoms with Gasteiger partial charge in [-0.15, -0.1) is 0 Å². The molecule has 6 heteroatoms.